The number of hydrogen-bond donors (Lipinski definition) is 0. The van der Waals surface area contributed by atoms with Gasteiger partial charge >= 0.3 is 0 Å². The SMILES string of the molecule is CCCC1CCC(C2(C#C[SiH3])C=CC(c3ccccc3)=CC2)CC1. The Morgan fingerprint density at radius 3 is 2.46 bits per heavy atom. The van der Waals surface area contributed by atoms with E-state index in [2.05, 4.69) is 66.9 Å². The van der Waals surface area contributed by atoms with Crippen molar-refractivity contribution in [2.45, 2.75) is 51.9 Å². The topological polar surface area (TPSA) is 0 Å². The molecule has 0 aromatic heterocycles. The van der Waals surface area contributed by atoms with Gasteiger partial charge in [-0.2, -0.15) is 0 Å². The van der Waals surface area contributed by atoms with Crippen LogP contribution >= 0.6 is 0 Å². The Morgan fingerprint density at radius 1 is 1.12 bits per heavy atom. The Kier molecular flexibility index (Phi) is 5.79. The van der Waals surface area contributed by atoms with E-state index >= 15 is 0 Å². The van der Waals surface area contributed by atoms with Crippen molar-refractivity contribution in [1.82, 2.24) is 0 Å². The van der Waals surface area contributed by atoms with Crippen LogP contribution in [0.4, 0.5) is 0 Å². The third-order valence-electron chi connectivity index (χ3n) is 5.96. The van der Waals surface area contributed by atoms with Crippen molar-refractivity contribution in [2.24, 2.45) is 17.3 Å². The molecule has 1 saturated carbocycles. The van der Waals surface area contributed by atoms with E-state index in [1.54, 1.807) is 0 Å². The van der Waals surface area contributed by atoms with E-state index in [1.807, 2.05) is 0 Å². The van der Waals surface area contributed by atoms with Crippen molar-refractivity contribution in [3.8, 4) is 11.5 Å². The Labute approximate surface area is 150 Å². The second-order valence-corrected chi connectivity index (χ2v) is 7.98. The number of hydrogen-bond acceptors (Lipinski definition) is 0. The molecule has 1 fully saturated rings. The molecule has 0 bridgehead atoms. The smallest absolute Gasteiger partial charge is 0.0906 e. The monoisotopic (exact) mass is 334 g/mol. The molecule has 1 unspecified atom stereocenters. The van der Waals surface area contributed by atoms with Crippen molar-refractivity contribution in [1.29, 1.82) is 0 Å². The lowest BCUT2D eigenvalue weighted by Gasteiger charge is -2.40. The summed E-state index contributed by atoms with van der Waals surface area (Å²) >= 11 is 0. The third-order valence-corrected chi connectivity index (χ3v) is 6.21. The fraction of sp³-hybridized carbons (Fsp3) is 0.478. The summed E-state index contributed by atoms with van der Waals surface area (Å²) in [7, 11) is 0.978. The number of rotatable bonds is 4. The summed E-state index contributed by atoms with van der Waals surface area (Å²) in [5.41, 5.74) is 6.17. The average molecular weight is 335 g/mol. The Bertz CT molecular complexity index is 650. The van der Waals surface area contributed by atoms with Gasteiger partial charge in [-0.25, -0.2) is 0 Å². The highest BCUT2D eigenvalue weighted by atomic mass is 28.1. The fourth-order valence-electron chi connectivity index (χ4n) is 4.60. The van der Waals surface area contributed by atoms with Crippen LogP contribution in [-0.2, 0) is 0 Å². The largest absolute Gasteiger partial charge is 0.143 e. The summed E-state index contributed by atoms with van der Waals surface area (Å²) in [6.07, 6.45) is 16.6. The molecule has 0 spiro atoms. The maximum absolute atomic E-state index is 3.67. The summed E-state index contributed by atoms with van der Waals surface area (Å²) in [4.78, 5) is 0. The number of benzene rings is 1. The lowest BCUT2D eigenvalue weighted by atomic mass is 9.63. The van der Waals surface area contributed by atoms with Crippen LogP contribution in [0.25, 0.3) is 5.57 Å². The Morgan fingerprint density at radius 2 is 1.88 bits per heavy atom. The molecule has 0 N–H and O–H groups in total. The lowest BCUT2D eigenvalue weighted by molar-refractivity contribution is 0.183. The molecule has 0 heterocycles. The minimum absolute atomic E-state index is 0.108. The van der Waals surface area contributed by atoms with Gasteiger partial charge in [-0.1, -0.05) is 87.1 Å². The van der Waals surface area contributed by atoms with Crippen LogP contribution < -0.4 is 0 Å². The predicted molar refractivity (Wildman–Crippen MR) is 109 cm³/mol. The van der Waals surface area contributed by atoms with E-state index in [-0.39, 0.29) is 5.41 Å². The van der Waals surface area contributed by atoms with Crippen LogP contribution in [0, 0.1) is 28.7 Å². The summed E-state index contributed by atoms with van der Waals surface area (Å²) < 4.78 is 0. The number of allylic oxidation sites excluding steroid dienone is 4. The van der Waals surface area contributed by atoms with Gasteiger partial charge in [-0.05, 0) is 42.2 Å². The van der Waals surface area contributed by atoms with Crippen LogP contribution in [0.3, 0.4) is 0 Å². The Balaban J connectivity index is 1.74. The van der Waals surface area contributed by atoms with E-state index in [0.29, 0.717) is 0 Å². The molecule has 1 heteroatoms. The highest BCUT2D eigenvalue weighted by Gasteiger charge is 2.37. The predicted octanol–water partition coefficient (Wildman–Crippen LogP) is 4.95. The Hall–Kier alpha value is -1.52. The summed E-state index contributed by atoms with van der Waals surface area (Å²) in [5.74, 6) is 5.38. The van der Waals surface area contributed by atoms with Crippen molar-refractivity contribution < 1.29 is 0 Å². The van der Waals surface area contributed by atoms with Gasteiger partial charge in [0.1, 0.15) is 0 Å². The summed E-state index contributed by atoms with van der Waals surface area (Å²) in [6.45, 7) is 2.32. The molecule has 0 radical (unpaired) electrons. The van der Waals surface area contributed by atoms with Crippen molar-refractivity contribution in [3.05, 3.63) is 54.1 Å². The molecule has 1 atom stereocenters. The zero-order valence-corrected chi connectivity index (χ0v) is 17.2. The van der Waals surface area contributed by atoms with Crippen LogP contribution in [-0.4, -0.2) is 10.2 Å². The molecule has 2 aliphatic carbocycles. The highest BCUT2D eigenvalue weighted by Crippen LogP contribution is 2.47. The van der Waals surface area contributed by atoms with E-state index in [0.717, 1.165) is 28.5 Å². The van der Waals surface area contributed by atoms with Crippen molar-refractivity contribution in [3.63, 3.8) is 0 Å². The van der Waals surface area contributed by atoms with Gasteiger partial charge in [0.15, 0.2) is 0 Å². The standard InChI is InChI=1S/C23H30Si/c1-2-6-19-9-11-22(12-10-19)23(17-18-24)15-13-21(14-16-23)20-7-4-3-5-8-20/h3-5,7-8,13-15,19,22H,2,6,9-12,16H2,1,24H3. The maximum Gasteiger partial charge on any atom is 0.0906 e. The molecule has 24 heavy (non-hydrogen) atoms. The molecule has 126 valence electrons. The molecule has 1 aromatic carbocycles. The fourth-order valence-corrected chi connectivity index (χ4v) is 5.07. The molecular formula is C23H30Si. The van der Waals surface area contributed by atoms with Gasteiger partial charge in [0, 0.05) is 0 Å². The zero-order chi connectivity index (χ0) is 16.8. The van der Waals surface area contributed by atoms with Crippen LogP contribution in [0.5, 0.6) is 0 Å². The maximum atomic E-state index is 3.67. The first kappa shape index (κ1) is 17.3. The molecule has 2 aliphatic rings. The first-order valence-electron chi connectivity index (χ1n) is 9.66. The molecule has 3 rings (SSSR count). The summed E-state index contributed by atoms with van der Waals surface area (Å²) in [6, 6.07) is 10.7. The first-order valence-corrected chi connectivity index (χ1v) is 10.7. The van der Waals surface area contributed by atoms with Crippen LogP contribution in [0.1, 0.15) is 57.4 Å². The van der Waals surface area contributed by atoms with E-state index < -0.39 is 0 Å². The second-order valence-electron chi connectivity index (χ2n) is 7.48. The zero-order valence-electron chi connectivity index (χ0n) is 15.2. The second kappa shape index (κ2) is 8.04. The minimum atomic E-state index is 0.108. The molecule has 0 amide bonds. The van der Waals surface area contributed by atoms with E-state index in [4.69, 9.17) is 0 Å². The molecule has 0 aliphatic heterocycles. The van der Waals surface area contributed by atoms with Gasteiger partial charge in [0.25, 0.3) is 0 Å². The molecule has 0 saturated heterocycles. The average Bonchev–Trinajstić information content (AvgIpc) is 2.64. The lowest BCUT2D eigenvalue weighted by Crippen LogP contribution is -2.31. The third kappa shape index (κ3) is 3.76. The molecular weight excluding hydrogens is 304 g/mol. The van der Waals surface area contributed by atoms with Gasteiger partial charge in [0.2, 0.25) is 0 Å². The normalized spacial score (nSPS) is 29.6. The molecule has 0 nitrogen and oxygen atoms in total. The van der Waals surface area contributed by atoms with Crippen molar-refractivity contribution >= 4 is 15.8 Å². The van der Waals surface area contributed by atoms with Gasteiger partial charge in [0.05, 0.1) is 15.7 Å². The van der Waals surface area contributed by atoms with Crippen LogP contribution in [0.15, 0.2) is 48.6 Å². The minimum Gasteiger partial charge on any atom is -0.143 e. The van der Waals surface area contributed by atoms with Crippen molar-refractivity contribution in [2.75, 3.05) is 0 Å². The molecule has 1 aromatic rings. The van der Waals surface area contributed by atoms with E-state index in [9.17, 15) is 0 Å². The quantitative estimate of drug-likeness (QED) is 0.540. The highest BCUT2D eigenvalue weighted by molar-refractivity contribution is 6.22. The first-order chi connectivity index (χ1) is 11.8. The van der Waals surface area contributed by atoms with Crippen LogP contribution in [0.2, 0.25) is 0 Å². The van der Waals surface area contributed by atoms with Gasteiger partial charge < -0.3 is 0 Å². The summed E-state index contributed by atoms with van der Waals surface area (Å²) in [5, 5.41) is 0. The van der Waals surface area contributed by atoms with Gasteiger partial charge in [-0.15, -0.1) is 5.54 Å². The van der Waals surface area contributed by atoms with Gasteiger partial charge in [-0.3, -0.25) is 0 Å². The van der Waals surface area contributed by atoms with E-state index in [1.165, 1.54) is 49.7 Å².